The van der Waals surface area contributed by atoms with E-state index in [1.165, 1.54) is 19.3 Å². The third-order valence-electron chi connectivity index (χ3n) is 3.17. The van der Waals surface area contributed by atoms with Gasteiger partial charge in [-0.3, -0.25) is 0 Å². The molecule has 1 fully saturated rings. The average Bonchev–Trinajstić information content (AvgIpc) is 2.44. The molecule has 0 bridgehead atoms. The summed E-state index contributed by atoms with van der Waals surface area (Å²) in [6.45, 7) is 11.7. The first-order valence-electron chi connectivity index (χ1n) is 7.92. The van der Waals surface area contributed by atoms with Crippen molar-refractivity contribution >= 4 is 23.7 Å². The third-order valence-corrected chi connectivity index (χ3v) is 4.15. The van der Waals surface area contributed by atoms with Crippen LogP contribution in [0.5, 0.6) is 0 Å². The number of rotatable bonds is 5. The van der Waals surface area contributed by atoms with Crippen molar-refractivity contribution in [1.82, 2.24) is 15.0 Å². The van der Waals surface area contributed by atoms with Gasteiger partial charge < -0.3 is 10.2 Å². The van der Waals surface area contributed by atoms with Crippen LogP contribution in [-0.4, -0.2) is 39.3 Å². The molecule has 1 aromatic rings. The smallest absolute Gasteiger partial charge is 0.231 e. The van der Waals surface area contributed by atoms with Crippen LogP contribution in [0.15, 0.2) is 5.16 Å². The lowest BCUT2D eigenvalue weighted by Crippen LogP contribution is -2.31. The van der Waals surface area contributed by atoms with E-state index < -0.39 is 0 Å². The Labute approximate surface area is 132 Å². The van der Waals surface area contributed by atoms with Crippen molar-refractivity contribution in [1.29, 1.82) is 0 Å². The van der Waals surface area contributed by atoms with Crippen molar-refractivity contribution in [3.05, 3.63) is 0 Å². The van der Waals surface area contributed by atoms with E-state index in [1.807, 2.05) is 0 Å². The summed E-state index contributed by atoms with van der Waals surface area (Å²) in [5.74, 6) is 1.54. The second-order valence-electron chi connectivity index (χ2n) is 6.43. The van der Waals surface area contributed by atoms with E-state index in [0.717, 1.165) is 37.2 Å². The van der Waals surface area contributed by atoms with Crippen LogP contribution in [0.1, 0.15) is 53.4 Å². The Morgan fingerprint density at radius 1 is 1.10 bits per heavy atom. The summed E-state index contributed by atoms with van der Waals surface area (Å²) in [6, 6.07) is 0. The van der Waals surface area contributed by atoms with Gasteiger partial charge >= 0.3 is 0 Å². The number of thioether (sulfide) groups is 1. The fourth-order valence-electron chi connectivity index (χ4n) is 2.22. The summed E-state index contributed by atoms with van der Waals surface area (Å²) in [4.78, 5) is 16.1. The lowest BCUT2D eigenvalue weighted by Gasteiger charge is -2.27. The Morgan fingerprint density at radius 2 is 1.81 bits per heavy atom. The molecule has 0 aromatic carbocycles. The summed E-state index contributed by atoms with van der Waals surface area (Å²) in [6.07, 6.45) is 4.83. The van der Waals surface area contributed by atoms with E-state index in [4.69, 9.17) is 0 Å². The molecular weight excluding hydrogens is 282 g/mol. The highest BCUT2D eigenvalue weighted by molar-refractivity contribution is 8.00. The minimum Gasteiger partial charge on any atom is -0.354 e. The lowest BCUT2D eigenvalue weighted by molar-refractivity contribution is 0.564. The molecule has 1 aromatic heterocycles. The molecule has 0 aliphatic carbocycles. The van der Waals surface area contributed by atoms with E-state index >= 15 is 0 Å². The van der Waals surface area contributed by atoms with E-state index in [0.29, 0.717) is 5.95 Å². The highest BCUT2D eigenvalue weighted by Gasteiger charge is 2.19. The van der Waals surface area contributed by atoms with Gasteiger partial charge in [-0.25, -0.2) is 0 Å². The van der Waals surface area contributed by atoms with Gasteiger partial charge in [-0.1, -0.05) is 39.5 Å². The molecular formula is C15H27N5S. The van der Waals surface area contributed by atoms with Gasteiger partial charge in [0.25, 0.3) is 0 Å². The number of hydrogen-bond acceptors (Lipinski definition) is 6. The Bertz CT molecular complexity index is 452. The molecule has 0 spiro atoms. The first kappa shape index (κ1) is 16.3. The molecule has 0 amide bonds. The van der Waals surface area contributed by atoms with E-state index in [9.17, 15) is 0 Å². The molecule has 2 heterocycles. The second-order valence-corrected chi connectivity index (χ2v) is 8.22. The Balaban J connectivity index is 2.22. The maximum Gasteiger partial charge on any atom is 0.231 e. The first-order chi connectivity index (χ1) is 9.98. The number of anilines is 2. The van der Waals surface area contributed by atoms with Crippen LogP contribution in [0.25, 0.3) is 0 Å². The topological polar surface area (TPSA) is 53.9 Å². The van der Waals surface area contributed by atoms with E-state index in [1.54, 1.807) is 11.8 Å². The Kier molecular flexibility index (Phi) is 5.67. The van der Waals surface area contributed by atoms with Gasteiger partial charge in [-0.2, -0.15) is 15.0 Å². The maximum absolute atomic E-state index is 4.68. The van der Waals surface area contributed by atoms with Gasteiger partial charge in [0.2, 0.25) is 11.9 Å². The second kappa shape index (κ2) is 7.29. The molecule has 0 saturated carbocycles. The molecule has 0 radical (unpaired) electrons. The zero-order chi connectivity index (χ0) is 15.3. The molecule has 0 atom stereocenters. The number of piperidine rings is 1. The van der Waals surface area contributed by atoms with Crippen molar-refractivity contribution in [2.24, 2.45) is 0 Å². The monoisotopic (exact) mass is 309 g/mol. The summed E-state index contributed by atoms with van der Waals surface area (Å²) in [5, 5.41) is 4.11. The molecule has 0 unspecified atom stereocenters. The molecule has 1 saturated heterocycles. The fourth-order valence-corrected chi connectivity index (χ4v) is 3.02. The average molecular weight is 309 g/mol. The van der Waals surface area contributed by atoms with Crippen LogP contribution < -0.4 is 10.2 Å². The SMILES string of the molecule is CCCNc1nc(SC(C)(C)C)nc(N2CCCCC2)n1. The Hall–Kier alpha value is -1.04. The summed E-state index contributed by atoms with van der Waals surface area (Å²) in [7, 11) is 0. The van der Waals surface area contributed by atoms with Crippen LogP contribution in [0.2, 0.25) is 0 Å². The number of hydrogen-bond donors (Lipinski definition) is 1. The minimum absolute atomic E-state index is 0.0997. The van der Waals surface area contributed by atoms with Gasteiger partial charge in [0, 0.05) is 24.4 Å². The zero-order valence-electron chi connectivity index (χ0n) is 13.6. The van der Waals surface area contributed by atoms with Crippen LogP contribution in [0, 0.1) is 0 Å². The number of nitrogens with one attached hydrogen (secondary N) is 1. The zero-order valence-corrected chi connectivity index (χ0v) is 14.5. The van der Waals surface area contributed by atoms with Crippen molar-refractivity contribution < 1.29 is 0 Å². The van der Waals surface area contributed by atoms with Gasteiger partial charge in [0.1, 0.15) is 0 Å². The predicted molar refractivity (Wildman–Crippen MR) is 90.3 cm³/mol. The minimum atomic E-state index is 0.0997. The van der Waals surface area contributed by atoms with Gasteiger partial charge in [-0.05, 0) is 25.7 Å². The standard InChI is InChI=1S/C15H27N5S/c1-5-9-16-12-17-13(20-10-7-6-8-11-20)19-14(18-12)21-15(2,3)4/h5-11H2,1-4H3,(H,16,17,18,19). The third kappa shape index (κ3) is 5.34. The summed E-state index contributed by atoms with van der Waals surface area (Å²) < 4.78 is 0.0997. The van der Waals surface area contributed by atoms with E-state index in [2.05, 4.69) is 52.9 Å². The molecule has 2 rings (SSSR count). The maximum atomic E-state index is 4.68. The van der Waals surface area contributed by atoms with Crippen molar-refractivity contribution in [2.75, 3.05) is 29.9 Å². The van der Waals surface area contributed by atoms with Crippen molar-refractivity contribution in [2.45, 2.75) is 63.3 Å². The van der Waals surface area contributed by atoms with Gasteiger partial charge in [-0.15, -0.1) is 0 Å². The van der Waals surface area contributed by atoms with E-state index in [-0.39, 0.29) is 4.75 Å². The first-order valence-corrected chi connectivity index (χ1v) is 8.73. The quantitative estimate of drug-likeness (QED) is 0.839. The summed E-state index contributed by atoms with van der Waals surface area (Å²) >= 11 is 1.70. The molecule has 1 aliphatic heterocycles. The molecule has 1 N–H and O–H groups in total. The molecule has 118 valence electrons. The van der Waals surface area contributed by atoms with Crippen molar-refractivity contribution in [3.8, 4) is 0 Å². The number of aromatic nitrogens is 3. The predicted octanol–water partition coefficient (Wildman–Crippen LogP) is 3.57. The lowest BCUT2D eigenvalue weighted by atomic mass is 10.1. The van der Waals surface area contributed by atoms with Crippen LogP contribution in [0.3, 0.4) is 0 Å². The summed E-state index contributed by atoms with van der Waals surface area (Å²) in [5.41, 5.74) is 0. The Morgan fingerprint density at radius 3 is 2.43 bits per heavy atom. The highest BCUT2D eigenvalue weighted by Crippen LogP contribution is 2.30. The molecule has 6 heteroatoms. The normalized spacial score (nSPS) is 16.1. The van der Waals surface area contributed by atoms with Crippen LogP contribution in [0.4, 0.5) is 11.9 Å². The molecule has 1 aliphatic rings. The largest absolute Gasteiger partial charge is 0.354 e. The molecule has 5 nitrogen and oxygen atoms in total. The highest BCUT2D eigenvalue weighted by atomic mass is 32.2. The fraction of sp³-hybridized carbons (Fsp3) is 0.800. The van der Waals surface area contributed by atoms with Gasteiger partial charge in [0.15, 0.2) is 5.16 Å². The molecule has 21 heavy (non-hydrogen) atoms. The van der Waals surface area contributed by atoms with Crippen molar-refractivity contribution in [3.63, 3.8) is 0 Å². The van der Waals surface area contributed by atoms with Crippen LogP contribution >= 0.6 is 11.8 Å². The van der Waals surface area contributed by atoms with Crippen LogP contribution in [-0.2, 0) is 0 Å². The number of nitrogens with zero attached hydrogens (tertiary/aromatic N) is 4. The van der Waals surface area contributed by atoms with Gasteiger partial charge in [0.05, 0.1) is 0 Å².